The smallest absolute Gasteiger partial charge is 0.122 e. The third kappa shape index (κ3) is 1.61. The van der Waals surface area contributed by atoms with E-state index in [2.05, 4.69) is 0 Å². The molecule has 1 aromatic carbocycles. The Kier molecular flexibility index (Phi) is 2.44. The van der Waals surface area contributed by atoms with E-state index in [0.717, 1.165) is 24.3 Å². The third-order valence-electron chi connectivity index (χ3n) is 2.62. The summed E-state index contributed by atoms with van der Waals surface area (Å²) < 4.78 is 5.39. The number of hydrogen-bond donors (Lipinski definition) is 2. The van der Waals surface area contributed by atoms with Crippen molar-refractivity contribution in [3.8, 4) is 5.75 Å². The van der Waals surface area contributed by atoms with E-state index in [1.807, 2.05) is 18.2 Å². The van der Waals surface area contributed by atoms with E-state index in [9.17, 15) is 5.11 Å². The summed E-state index contributed by atoms with van der Waals surface area (Å²) in [6.07, 6.45) is 0.422. The molecular weight excluding hydrogens is 178 g/mol. The van der Waals surface area contributed by atoms with Crippen molar-refractivity contribution < 1.29 is 9.84 Å². The normalized spacial score (nSPS) is 18.5. The predicted molar refractivity (Wildman–Crippen MR) is 54.3 cm³/mol. The van der Waals surface area contributed by atoms with E-state index in [4.69, 9.17) is 10.5 Å². The molecule has 2 atom stereocenters. The van der Waals surface area contributed by atoms with Crippen molar-refractivity contribution in [1.82, 2.24) is 0 Å². The molecule has 76 valence electrons. The number of aliphatic hydroxyl groups excluding tert-OH is 1. The van der Waals surface area contributed by atoms with E-state index in [1.54, 1.807) is 6.92 Å². The number of ether oxygens (including phenoxy) is 1. The molecule has 0 bridgehead atoms. The van der Waals surface area contributed by atoms with Gasteiger partial charge < -0.3 is 15.6 Å². The first-order valence-corrected chi connectivity index (χ1v) is 4.88. The third-order valence-corrected chi connectivity index (χ3v) is 2.62. The second-order valence-electron chi connectivity index (χ2n) is 3.73. The molecule has 1 aliphatic heterocycles. The van der Waals surface area contributed by atoms with Crippen molar-refractivity contribution in [2.24, 2.45) is 5.73 Å². The zero-order valence-corrected chi connectivity index (χ0v) is 8.23. The Hall–Kier alpha value is -1.06. The molecule has 0 saturated heterocycles. The molecule has 1 aromatic rings. The van der Waals surface area contributed by atoms with Gasteiger partial charge in [-0.15, -0.1) is 0 Å². The standard InChI is InChI=1S/C11H15NO2/c1-7(13)11(12)9-2-3-10-8(6-9)4-5-14-10/h2-3,6-7,11,13H,4-5,12H2,1H3/t7-,11+/m0/s1. The lowest BCUT2D eigenvalue weighted by Gasteiger charge is -2.15. The highest BCUT2D eigenvalue weighted by atomic mass is 16.5. The zero-order chi connectivity index (χ0) is 10.1. The largest absolute Gasteiger partial charge is 0.493 e. The number of benzene rings is 1. The summed E-state index contributed by atoms with van der Waals surface area (Å²) in [6, 6.07) is 5.57. The summed E-state index contributed by atoms with van der Waals surface area (Å²) in [6.45, 7) is 2.46. The fourth-order valence-electron chi connectivity index (χ4n) is 1.69. The maximum Gasteiger partial charge on any atom is 0.122 e. The van der Waals surface area contributed by atoms with Crippen LogP contribution in [-0.4, -0.2) is 17.8 Å². The van der Waals surface area contributed by atoms with Gasteiger partial charge in [-0.05, 0) is 24.1 Å². The van der Waals surface area contributed by atoms with Crippen molar-refractivity contribution in [2.45, 2.75) is 25.5 Å². The molecule has 3 heteroatoms. The number of hydrogen-bond acceptors (Lipinski definition) is 3. The molecule has 0 aromatic heterocycles. The Morgan fingerprint density at radius 2 is 2.29 bits per heavy atom. The lowest BCUT2D eigenvalue weighted by Crippen LogP contribution is -2.23. The van der Waals surface area contributed by atoms with Crippen LogP contribution in [0, 0.1) is 0 Å². The number of fused-ring (bicyclic) bond motifs is 1. The summed E-state index contributed by atoms with van der Waals surface area (Å²) in [5.41, 5.74) is 8.01. The molecule has 3 N–H and O–H groups in total. The van der Waals surface area contributed by atoms with Gasteiger partial charge in [0.15, 0.2) is 0 Å². The lowest BCUT2D eigenvalue weighted by molar-refractivity contribution is 0.164. The molecule has 14 heavy (non-hydrogen) atoms. The lowest BCUT2D eigenvalue weighted by atomic mass is 10.00. The van der Waals surface area contributed by atoms with E-state index in [-0.39, 0.29) is 6.04 Å². The maximum absolute atomic E-state index is 9.37. The van der Waals surface area contributed by atoms with Gasteiger partial charge in [0.05, 0.1) is 18.8 Å². The highest BCUT2D eigenvalue weighted by Crippen LogP contribution is 2.28. The predicted octanol–water partition coefficient (Wildman–Crippen LogP) is 1.00. The minimum absolute atomic E-state index is 0.305. The second kappa shape index (κ2) is 3.59. The van der Waals surface area contributed by atoms with Crippen LogP contribution in [-0.2, 0) is 6.42 Å². The Bertz CT molecular complexity index is 336. The zero-order valence-electron chi connectivity index (χ0n) is 8.23. The second-order valence-corrected chi connectivity index (χ2v) is 3.73. The van der Waals surface area contributed by atoms with Gasteiger partial charge in [-0.3, -0.25) is 0 Å². The van der Waals surface area contributed by atoms with Crippen LogP contribution >= 0.6 is 0 Å². The van der Waals surface area contributed by atoms with Gasteiger partial charge in [0.2, 0.25) is 0 Å². The average Bonchev–Trinajstić information content (AvgIpc) is 2.62. The van der Waals surface area contributed by atoms with Crippen molar-refractivity contribution in [3.63, 3.8) is 0 Å². The minimum atomic E-state index is -0.518. The van der Waals surface area contributed by atoms with Gasteiger partial charge in [0.1, 0.15) is 5.75 Å². The monoisotopic (exact) mass is 193 g/mol. The Balaban J connectivity index is 2.28. The molecular formula is C11H15NO2. The topological polar surface area (TPSA) is 55.5 Å². The fraction of sp³-hybridized carbons (Fsp3) is 0.455. The Morgan fingerprint density at radius 3 is 3.00 bits per heavy atom. The van der Waals surface area contributed by atoms with Crippen molar-refractivity contribution >= 4 is 0 Å². The van der Waals surface area contributed by atoms with E-state index < -0.39 is 6.10 Å². The molecule has 1 aliphatic rings. The first-order valence-electron chi connectivity index (χ1n) is 4.88. The number of aliphatic hydroxyl groups is 1. The quantitative estimate of drug-likeness (QED) is 0.736. The van der Waals surface area contributed by atoms with Gasteiger partial charge in [-0.1, -0.05) is 12.1 Å². The Labute approximate surface area is 83.5 Å². The summed E-state index contributed by atoms with van der Waals surface area (Å²) in [5.74, 6) is 0.951. The maximum atomic E-state index is 9.37. The van der Waals surface area contributed by atoms with Crippen LogP contribution in [0.1, 0.15) is 24.1 Å². The van der Waals surface area contributed by atoms with Crippen LogP contribution < -0.4 is 10.5 Å². The van der Waals surface area contributed by atoms with Crippen molar-refractivity contribution in [2.75, 3.05) is 6.61 Å². The first-order chi connectivity index (χ1) is 6.68. The van der Waals surface area contributed by atoms with E-state index >= 15 is 0 Å². The van der Waals surface area contributed by atoms with Crippen molar-refractivity contribution in [1.29, 1.82) is 0 Å². The molecule has 0 radical (unpaired) electrons. The average molecular weight is 193 g/mol. The molecule has 0 aliphatic carbocycles. The Morgan fingerprint density at radius 1 is 1.50 bits per heavy atom. The van der Waals surface area contributed by atoms with Gasteiger partial charge in [0.25, 0.3) is 0 Å². The van der Waals surface area contributed by atoms with Gasteiger partial charge in [0, 0.05) is 6.42 Å². The number of rotatable bonds is 2. The van der Waals surface area contributed by atoms with Crippen LogP contribution in [0.2, 0.25) is 0 Å². The fourth-order valence-corrected chi connectivity index (χ4v) is 1.69. The molecule has 1 heterocycles. The summed E-state index contributed by atoms with van der Waals surface area (Å²) >= 11 is 0. The van der Waals surface area contributed by atoms with Crippen molar-refractivity contribution in [3.05, 3.63) is 29.3 Å². The van der Waals surface area contributed by atoms with Gasteiger partial charge in [-0.25, -0.2) is 0 Å². The minimum Gasteiger partial charge on any atom is -0.493 e. The summed E-state index contributed by atoms with van der Waals surface area (Å²) in [5, 5.41) is 9.37. The highest BCUT2D eigenvalue weighted by molar-refractivity contribution is 5.40. The summed E-state index contributed by atoms with van der Waals surface area (Å²) in [4.78, 5) is 0. The van der Waals surface area contributed by atoms with Crippen LogP contribution in [0.15, 0.2) is 18.2 Å². The molecule has 0 saturated carbocycles. The molecule has 0 amide bonds. The van der Waals surface area contributed by atoms with Crippen LogP contribution in [0.3, 0.4) is 0 Å². The molecule has 2 rings (SSSR count). The highest BCUT2D eigenvalue weighted by Gasteiger charge is 2.16. The molecule has 0 fully saturated rings. The summed E-state index contributed by atoms with van der Waals surface area (Å²) in [7, 11) is 0. The van der Waals surface area contributed by atoms with Crippen LogP contribution in [0.4, 0.5) is 0 Å². The van der Waals surface area contributed by atoms with Gasteiger partial charge >= 0.3 is 0 Å². The number of nitrogens with two attached hydrogens (primary N) is 1. The first kappa shape index (κ1) is 9.49. The molecule has 3 nitrogen and oxygen atoms in total. The molecule has 0 unspecified atom stereocenters. The van der Waals surface area contributed by atoms with E-state index in [1.165, 1.54) is 5.56 Å². The van der Waals surface area contributed by atoms with Crippen LogP contribution in [0.5, 0.6) is 5.75 Å². The SMILES string of the molecule is C[C@H](O)[C@@H](N)c1ccc2c(c1)CCO2. The van der Waals surface area contributed by atoms with E-state index in [0.29, 0.717) is 0 Å². The molecule has 0 spiro atoms. The van der Waals surface area contributed by atoms with Gasteiger partial charge in [-0.2, -0.15) is 0 Å². The van der Waals surface area contributed by atoms with Crippen LogP contribution in [0.25, 0.3) is 0 Å².